The molecule has 0 radical (unpaired) electrons. The highest BCUT2D eigenvalue weighted by atomic mass is 35.5. The topological polar surface area (TPSA) is 79.5 Å². The number of piperidine rings is 1. The van der Waals surface area contributed by atoms with Crippen LogP contribution in [0, 0.1) is 0 Å². The number of hydrogen-bond donors (Lipinski definition) is 3. The minimum Gasteiger partial charge on any atom is -0.497 e. The van der Waals surface area contributed by atoms with Crippen LogP contribution in [0.15, 0.2) is 24.3 Å². The summed E-state index contributed by atoms with van der Waals surface area (Å²) < 4.78 is 31.7. The van der Waals surface area contributed by atoms with Crippen LogP contribution in [0.3, 0.4) is 0 Å². The van der Waals surface area contributed by atoms with Crippen molar-refractivity contribution in [1.29, 1.82) is 0 Å². The molecule has 1 saturated carbocycles. The van der Waals surface area contributed by atoms with Crippen molar-refractivity contribution in [1.82, 2.24) is 15.4 Å². The molecule has 6 nitrogen and oxygen atoms in total. The van der Waals surface area contributed by atoms with Crippen LogP contribution < -0.4 is 20.1 Å². The van der Waals surface area contributed by atoms with E-state index in [4.69, 9.17) is 4.74 Å². The summed E-state index contributed by atoms with van der Waals surface area (Å²) in [4.78, 5) is 0. The molecule has 0 unspecified atom stereocenters. The van der Waals surface area contributed by atoms with Gasteiger partial charge in [-0.3, -0.25) is 0 Å². The molecule has 1 saturated heterocycles. The largest absolute Gasteiger partial charge is 0.497 e. The molecule has 0 bridgehead atoms. The molecule has 1 heterocycles. The predicted molar refractivity (Wildman–Crippen MR) is 123 cm³/mol. The number of rotatable bonds is 7. The van der Waals surface area contributed by atoms with Crippen molar-refractivity contribution >= 4 is 34.8 Å². The van der Waals surface area contributed by atoms with Gasteiger partial charge >= 0.3 is 0 Å². The first kappa shape index (κ1) is 26.5. The first-order chi connectivity index (χ1) is 12.9. The van der Waals surface area contributed by atoms with E-state index in [-0.39, 0.29) is 30.2 Å². The van der Waals surface area contributed by atoms with Crippen molar-refractivity contribution < 1.29 is 13.2 Å². The van der Waals surface area contributed by atoms with Crippen LogP contribution in [0.25, 0.3) is 0 Å². The zero-order valence-electron chi connectivity index (χ0n) is 17.3. The Morgan fingerprint density at radius 2 is 1.72 bits per heavy atom. The smallest absolute Gasteiger partial charge is 0.208 e. The van der Waals surface area contributed by atoms with Gasteiger partial charge in [-0.05, 0) is 69.3 Å². The Labute approximate surface area is 187 Å². The summed E-state index contributed by atoms with van der Waals surface area (Å²) in [6.45, 7) is 2.63. The fourth-order valence-electron chi connectivity index (χ4n) is 4.45. The number of benzene rings is 1. The Kier molecular flexibility index (Phi) is 10.7. The molecule has 2 aliphatic rings. The zero-order chi connectivity index (χ0) is 19.3. The van der Waals surface area contributed by atoms with Gasteiger partial charge in [-0.1, -0.05) is 12.1 Å². The molecule has 9 heteroatoms. The van der Waals surface area contributed by atoms with E-state index in [9.17, 15) is 8.42 Å². The van der Waals surface area contributed by atoms with Crippen molar-refractivity contribution in [3.8, 4) is 5.75 Å². The number of halogens is 2. The minimum absolute atomic E-state index is 0. The van der Waals surface area contributed by atoms with Crippen molar-refractivity contribution in [3.05, 3.63) is 29.8 Å². The maximum absolute atomic E-state index is 11.7. The SMILES string of the molecule is COc1cccc(C2(CNS(C)(=O)=O)CCC(NC3CCNCC3)CC2)c1.Cl.Cl. The molecular weight excluding hydrogens is 433 g/mol. The Bertz CT molecular complexity index is 719. The van der Waals surface area contributed by atoms with Crippen molar-refractivity contribution in [2.45, 2.75) is 56.0 Å². The van der Waals surface area contributed by atoms with Gasteiger partial charge in [0.2, 0.25) is 10.0 Å². The zero-order valence-corrected chi connectivity index (χ0v) is 19.7. The van der Waals surface area contributed by atoms with Crippen molar-refractivity contribution in [2.75, 3.05) is 33.0 Å². The van der Waals surface area contributed by atoms with Crippen molar-refractivity contribution in [2.24, 2.45) is 0 Å². The average Bonchev–Trinajstić information content (AvgIpc) is 2.68. The third-order valence-corrected chi connectivity index (χ3v) is 6.78. The summed E-state index contributed by atoms with van der Waals surface area (Å²) >= 11 is 0. The third-order valence-electron chi connectivity index (χ3n) is 6.11. The van der Waals surface area contributed by atoms with E-state index < -0.39 is 10.0 Å². The van der Waals surface area contributed by atoms with Crippen LogP contribution in [0.5, 0.6) is 5.75 Å². The molecule has 3 N–H and O–H groups in total. The first-order valence-electron chi connectivity index (χ1n) is 9.96. The second-order valence-electron chi connectivity index (χ2n) is 8.07. The van der Waals surface area contributed by atoms with E-state index >= 15 is 0 Å². The molecule has 3 rings (SSSR count). The highest BCUT2D eigenvalue weighted by Crippen LogP contribution is 2.40. The molecule has 0 amide bonds. The number of ether oxygens (including phenoxy) is 1. The monoisotopic (exact) mass is 467 g/mol. The lowest BCUT2D eigenvalue weighted by Crippen LogP contribution is -2.50. The number of sulfonamides is 1. The summed E-state index contributed by atoms with van der Waals surface area (Å²) in [5.41, 5.74) is 0.988. The summed E-state index contributed by atoms with van der Waals surface area (Å²) in [5, 5.41) is 7.25. The molecule has 29 heavy (non-hydrogen) atoms. The molecule has 1 aromatic rings. The Hall–Kier alpha value is -0.570. The fourth-order valence-corrected chi connectivity index (χ4v) is 4.99. The van der Waals surface area contributed by atoms with Gasteiger partial charge in [0.25, 0.3) is 0 Å². The number of hydrogen-bond acceptors (Lipinski definition) is 5. The second-order valence-corrected chi connectivity index (χ2v) is 9.90. The van der Waals surface area contributed by atoms with E-state index in [0.29, 0.717) is 18.6 Å². The van der Waals surface area contributed by atoms with Crippen LogP contribution in [-0.2, 0) is 15.4 Å². The molecule has 2 fully saturated rings. The Balaban J connectivity index is 0.00000210. The molecule has 168 valence electrons. The highest BCUT2D eigenvalue weighted by molar-refractivity contribution is 7.88. The van der Waals surface area contributed by atoms with Gasteiger partial charge in [-0.2, -0.15) is 0 Å². The first-order valence-corrected chi connectivity index (χ1v) is 11.9. The van der Waals surface area contributed by atoms with Gasteiger partial charge in [-0.15, -0.1) is 24.8 Å². The molecule has 0 aromatic heterocycles. The highest BCUT2D eigenvalue weighted by Gasteiger charge is 2.38. The van der Waals surface area contributed by atoms with Crippen molar-refractivity contribution in [3.63, 3.8) is 0 Å². The predicted octanol–water partition coefficient (Wildman–Crippen LogP) is 2.61. The summed E-state index contributed by atoms with van der Waals surface area (Å²) in [6.07, 6.45) is 7.66. The van der Waals surface area contributed by atoms with Gasteiger partial charge in [0.05, 0.1) is 13.4 Å². The average molecular weight is 468 g/mol. The Morgan fingerprint density at radius 1 is 1.10 bits per heavy atom. The molecule has 1 aliphatic carbocycles. The van der Waals surface area contributed by atoms with Crippen LogP contribution in [-0.4, -0.2) is 53.5 Å². The van der Waals surface area contributed by atoms with Gasteiger partial charge in [0.15, 0.2) is 0 Å². The fraction of sp³-hybridized carbons (Fsp3) is 0.700. The number of methoxy groups -OCH3 is 1. The van der Waals surface area contributed by atoms with E-state index in [1.54, 1.807) is 7.11 Å². The van der Waals surface area contributed by atoms with Crippen LogP contribution in [0.4, 0.5) is 0 Å². The summed E-state index contributed by atoms with van der Waals surface area (Å²) in [7, 11) is -1.56. The summed E-state index contributed by atoms with van der Waals surface area (Å²) in [5.74, 6) is 0.821. The lowest BCUT2D eigenvalue weighted by atomic mass is 9.68. The quantitative estimate of drug-likeness (QED) is 0.574. The molecule has 1 aromatic carbocycles. The van der Waals surface area contributed by atoms with Gasteiger partial charge in [0.1, 0.15) is 5.75 Å². The standard InChI is InChI=1S/C20H33N3O3S.2ClH/c1-26-19-5-3-4-16(14-19)20(15-22-27(2,24)25)10-6-17(7-11-20)23-18-8-12-21-13-9-18;;/h3-5,14,17-18,21-23H,6-13,15H2,1-2H3;2*1H. The van der Waals surface area contributed by atoms with E-state index in [1.807, 2.05) is 12.1 Å². The lowest BCUT2D eigenvalue weighted by molar-refractivity contribution is 0.224. The normalized spacial score (nSPS) is 25.5. The van der Waals surface area contributed by atoms with Gasteiger partial charge in [0, 0.05) is 24.0 Å². The van der Waals surface area contributed by atoms with Gasteiger partial charge < -0.3 is 15.4 Å². The minimum atomic E-state index is -3.23. The van der Waals surface area contributed by atoms with E-state index in [0.717, 1.165) is 44.5 Å². The lowest BCUT2D eigenvalue weighted by Gasteiger charge is -2.42. The maximum Gasteiger partial charge on any atom is 0.208 e. The summed E-state index contributed by atoms with van der Waals surface area (Å²) in [6, 6.07) is 9.22. The van der Waals surface area contributed by atoms with Gasteiger partial charge in [-0.25, -0.2) is 13.1 Å². The third kappa shape index (κ3) is 7.56. The molecule has 0 spiro atoms. The van der Waals surface area contributed by atoms with Crippen LogP contribution in [0.1, 0.15) is 44.1 Å². The second kappa shape index (κ2) is 11.7. The Morgan fingerprint density at radius 3 is 2.31 bits per heavy atom. The van der Waals surface area contributed by atoms with E-state index in [2.05, 4.69) is 27.5 Å². The molecule has 1 aliphatic heterocycles. The molecular formula is C20H35Cl2N3O3S. The van der Waals surface area contributed by atoms with E-state index in [1.165, 1.54) is 24.7 Å². The molecule has 0 atom stereocenters. The number of nitrogens with one attached hydrogen (secondary N) is 3. The van der Waals surface area contributed by atoms with Crippen LogP contribution >= 0.6 is 24.8 Å². The van der Waals surface area contributed by atoms with Crippen LogP contribution in [0.2, 0.25) is 0 Å². The maximum atomic E-state index is 11.7.